The van der Waals surface area contributed by atoms with Crippen molar-refractivity contribution in [3.63, 3.8) is 0 Å². The van der Waals surface area contributed by atoms with E-state index in [2.05, 4.69) is 21.7 Å². The van der Waals surface area contributed by atoms with Gasteiger partial charge < -0.3 is 15.5 Å². The molecule has 7 heteroatoms. The number of hydrogen-bond donors (Lipinski definition) is 2. The highest BCUT2D eigenvalue weighted by molar-refractivity contribution is 14.0. The number of carbonyl (C=O) groups is 1. The number of carbonyl (C=O) groups excluding carboxylic acids is 1. The van der Waals surface area contributed by atoms with Gasteiger partial charge in [-0.05, 0) is 54.7 Å². The molecule has 1 amide bonds. The highest BCUT2D eigenvalue weighted by atomic mass is 127. The monoisotopic (exact) mass is 496 g/mol. The third-order valence-electron chi connectivity index (χ3n) is 4.81. The Morgan fingerprint density at radius 2 is 2.00 bits per heavy atom. The summed E-state index contributed by atoms with van der Waals surface area (Å²) in [5.41, 5.74) is 4.23. The van der Waals surface area contributed by atoms with Crippen LogP contribution in [0.15, 0.2) is 47.5 Å². The number of hydrogen-bond acceptors (Lipinski definition) is 2. The summed E-state index contributed by atoms with van der Waals surface area (Å²) in [4.78, 5) is 18.5. The summed E-state index contributed by atoms with van der Waals surface area (Å²) in [5, 5.41) is 6.27. The molecule has 150 valence electrons. The zero-order chi connectivity index (χ0) is 19.2. The summed E-state index contributed by atoms with van der Waals surface area (Å²) in [7, 11) is 1.67. The van der Waals surface area contributed by atoms with Gasteiger partial charge in [-0.15, -0.1) is 24.0 Å². The van der Waals surface area contributed by atoms with Crippen molar-refractivity contribution in [2.45, 2.75) is 19.8 Å². The summed E-state index contributed by atoms with van der Waals surface area (Å²) < 4.78 is 13.2. The Kier molecular flexibility index (Phi) is 8.22. The third kappa shape index (κ3) is 5.43. The molecule has 0 unspecified atom stereocenters. The zero-order valence-corrected chi connectivity index (χ0v) is 18.5. The van der Waals surface area contributed by atoms with E-state index in [4.69, 9.17) is 0 Å². The number of nitrogens with zero attached hydrogens (tertiary/aromatic N) is 2. The van der Waals surface area contributed by atoms with Crippen molar-refractivity contribution in [1.82, 2.24) is 10.6 Å². The van der Waals surface area contributed by atoms with Gasteiger partial charge >= 0.3 is 0 Å². The minimum absolute atomic E-state index is 0. The van der Waals surface area contributed by atoms with Gasteiger partial charge in [-0.25, -0.2) is 4.39 Å². The molecule has 0 radical (unpaired) electrons. The Labute approximate surface area is 182 Å². The van der Waals surface area contributed by atoms with Gasteiger partial charge in [-0.3, -0.25) is 9.79 Å². The zero-order valence-electron chi connectivity index (χ0n) is 16.2. The van der Waals surface area contributed by atoms with E-state index in [1.54, 1.807) is 13.1 Å². The summed E-state index contributed by atoms with van der Waals surface area (Å²) in [6, 6.07) is 12.8. The van der Waals surface area contributed by atoms with E-state index in [1.807, 2.05) is 30.0 Å². The minimum Gasteiger partial charge on any atom is -0.356 e. The Hall–Kier alpha value is -2.16. The van der Waals surface area contributed by atoms with Crippen LogP contribution in [0.4, 0.5) is 10.1 Å². The normalized spacial score (nSPS) is 13.0. The molecule has 0 spiro atoms. The molecule has 0 fully saturated rings. The average molecular weight is 496 g/mol. The van der Waals surface area contributed by atoms with Crippen LogP contribution in [0.2, 0.25) is 0 Å². The molecule has 0 aromatic heterocycles. The predicted molar refractivity (Wildman–Crippen MR) is 122 cm³/mol. The van der Waals surface area contributed by atoms with Crippen LogP contribution < -0.4 is 15.5 Å². The molecule has 1 aliphatic rings. The van der Waals surface area contributed by atoms with Gasteiger partial charge in [0.1, 0.15) is 5.82 Å². The van der Waals surface area contributed by atoms with Crippen LogP contribution in [0.1, 0.15) is 16.7 Å². The smallest absolute Gasteiger partial charge is 0.246 e. The average Bonchev–Trinajstić information content (AvgIpc) is 3.10. The van der Waals surface area contributed by atoms with Gasteiger partial charge in [0.05, 0.1) is 6.54 Å². The maximum atomic E-state index is 13.2. The number of anilines is 1. The molecule has 0 saturated carbocycles. The van der Waals surface area contributed by atoms with E-state index < -0.39 is 0 Å². The second-order valence-corrected chi connectivity index (χ2v) is 6.60. The molecule has 0 saturated heterocycles. The van der Waals surface area contributed by atoms with Crippen molar-refractivity contribution in [2.75, 3.05) is 31.6 Å². The van der Waals surface area contributed by atoms with E-state index in [9.17, 15) is 9.18 Å². The Bertz CT molecular complexity index is 856. The highest BCUT2D eigenvalue weighted by Gasteiger charge is 2.23. The molecular weight excluding hydrogens is 470 g/mol. The highest BCUT2D eigenvalue weighted by Crippen LogP contribution is 2.27. The number of benzene rings is 2. The fourth-order valence-electron chi connectivity index (χ4n) is 3.33. The fourth-order valence-corrected chi connectivity index (χ4v) is 3.33. The lowest BCUT2D eigenvalue weighted by atomic mass is 10.1. The van der Waals surface area contributed by atoms with Crippen molar-refractivity contribution in [2.24, 2.45) is 4.99 Å². The number of aryl methyl sites for hydroxylation is 1. The lowest BCUT2D eigenvalue weighted by molar-refractivity contribution is -0.117. The van der Waals surface area contributed by atoms with Crippen LogP contribution in [0.25, 0.3) is 0 Å². The lowest BCUT2D eigenvalue weighted by Crippen LogP contribution is -2.44. The molecule has 2 aromatic rings. The SMILES string of the molecule is CN=C(NCCc1ccc(F)cc1C)NCC(=O)N1CCc2ccccc21.I. The molecule has 0 bridgehead atoms. The van der Waals surface area contributed by atoms with Crippen molar-refractivity contribution < 1.29 is 9.18 Å². The van der Waals surface area contributed by atoms with Gasteiger partial charge in [0.2, 0.25) is 5.91 Å². The number of nitrogens with one attached hydrogen (secondary N) is 2. The molecule has 1 heterocycles. The second-order valence-electron chi connectivity index (χ2n) is 6.60. The fraction of sp³-hybridized carbons (Fsp3) is 0.333. The molecule has 2 aromatic carbocycles. The van der Waals surface area contributed by atoms with E-state index in [0.717, 1.165) is 36.2 Å². The first kappa shape index (κ1) is 22.1. The Morgan fingerprint density at radius 3 is 2.75 bits per heavy atom. The summed E-state index contributed by atoms with van der Waals surface area (Å²) in [6.07, 6.45) is 1.65. The van der Waals surface area contributed by atoms with Gasteiger partial charge in [-0.2, -0.15) is 0 Å². The third-order valence-corrected chi connectivity index (χ3v) is 4.81. The maximum Gasteiger partial charge on any atom is 0.246 e. The quantitative estimate of drug-likeness (QED) is 0.380. The molecule has 0 aliphatic carbocycles. The molecule has 5 nitrogen and oxygen atoms in total. The summed E-state index contributed by atoms with van der Waals surface area (Å²) in [6.45, 7) is 3.45. The van der Waals surface area contributed by atoms with Crippen LogP contribution in [0.5, 0.6) is 0 Å². The first-order valence-corrected chi connectivity index (χ1v) is 9.16. The number of guanidine groups is 1. The molecule has 1 aliphatic heterocycles. The van der Waals surface area contributed by atoms with Crippen LogP contribution >= 0.6 is 24.0 Å². The van der Waals surface area contributed by atoms with E-state index in [0.29, 0.717) is 12.5 Å². The van der Waals surface area contributed by atoms with Crippen LogP contribution in [-0.2, 0) is 17.6 Å². The Morgan fingerprint density at radius 1 is 1.21 bits per heavy atom. The van der Waals surface area contributed by atoms with Crippen molar-refractivity contribution in [3.8, 4) is 0 Å². The number of para-hydroxylation sites is 1. The van der Waals surface area contributed by atoms with Gasteiger partial charge in [0.15, 0.2) is 5.96 Å². The number of fused-ring (bicyclic) bond motifs is 1. The maximum absolute atomic E-state index is 13.2. The molecule has 28 heavy (non-hydrogen) atoms. The lowest BCUT2D eigenvalue weighted by Gasteiger charge is -2.19. The standard InChI is InChI=1S/C21H25FN4O.HI/c1-15-13-18(22)8-7-16(15)9-11-24-21(23-2)25-14-20(27)26-12-10-17-5-3-4-6-19(17)26;/h3-8,13H,9-12,14H2,1-2H3,(H2,23,24,25);1H. The van der Waals surface area contributed by atoms with Crippen LogP contribution in [-0.4, -0.2) is 38.5 Å². The van der Waals surface area contributed by atoms with Gasteiger partial charge in [-0.1, -0.05) is 24.3 Å². The Balaban J connectivity index is 0.00000280. The predicted octanol–water partition coefficient (Wildman–Crippen LogP) is 3.05. The molecule has 0 atom stereocenters. The number of amides is 1. The number of halogens is 2. The van der Waals surface area contributed by atoms with Crippen molar-refractivity contribution in [3.05, 3.63) is 65.0 Å². The number of aliphatic imine (C=N–C) groups is 1. The topological polar surface area (TPSA) is 56.7 Å². The van der Waals surface area contributed by atoms with Crippen LogP contribution in [0, 0.1) is 12.7 Å². The second kappa shape index (κ2) is 10.4. The van der Waals surface area contributed by atoms with E-state index in [1.165, 1.54) is 17.7 Å². The summed E-state index contributed by atoms with van der Waals surface area (Å²) in [5.74, 6) is 0.386. The minimum atomic E-state index is -0.219. The largest absolute Gasteiger partial charge is 0.356 e. The number of rotatable bonds is 5. The van der Waals surface area contributed by atoms with Crippen molar-refractivity contribution >= 4 is 41.5 Å². The molecular formula is C21H26FIN4O. The van der Waals surface area contributed by atoms with Crippen LogP contribution in [0.3, 0.4) is 0 Å². The van der Waals surface area contributed by atoms with Gasteiger partial charge in [0, 0.05) is 25.8 Å². The first-order chi connectivity index (χ1) is 13.1. The molecule has 3 rings (SSSR count). The van der Waals surface area contributed by atoms with Crippen molar-refractivity contribution in [1.29, 1.82) is 0 Å². The first-order valence-electron chi connectivity index (χ1n) is 9.16. The van der Waals surface area contributed by atoms with E-state index >= 15 is 0 Å². The summed E-state index contributed by atoms with van der Waals surface area (Å²) >= 11 is 0. The van der Waals surface area contributed by atoms with E-state index in [-0.39, 0.29) is 42.2 Å². The van der Waals surface area contributed by atoms with Gasteiger partial charge in [0.25, 0.3) is 0 Å². The molecule has 2 N–H and O–H groups in total.